The molecule has 5 nitrogen and oxygen atoms in total. The van der Waals surface area contributed by atoms with E-state index in [1.807, 2.05) is 0 Å². The molecule has 0 amide bonds. The highest BCUT2D eigenvalue weighted by Gasteiger charge is 2.30. The molecule has 0 radical (unpaired) electrons. The zero-order chi connectivity index (χ0) is 18.9. The summed E-state index contributed by atoms with van der Waals surface area (Å²) in [6, 6.07) is 13.1. The second-order valence-corrected chi connectivity index (χ2v) is 5.51. The van der Waals surface area contributed by atoms with Gasteiger partial charge in [-0.25, -0.2) is 4.79 Å². The Morgan fingerprint density at radius 2 is 1.73 bits per heavy atom. The van der Waals surface area contributed by atoms with Crippen LogP contribution in [0, 0.1) is 0 Å². The third-order valence-corrected chi connectivity index (χ3v) is 3.73. The number of carboxylic acids is 1. The monoisotopic (exact) mass is 363 g/mol. The predicted molar refractivity (Wildman–Crippen MR) is 87.4 cm³/mol. The number of halogens is 3. The van der Waals surface area contributed by atoms with Gasteiger partial charge < -0.3 is 14.4 Å². The Morgan fingerprint density at radius 1 is 1.08 bits per heavy atom. The van der Waals surface area contributed by atoms with Crippen molar-refractivity contribution < 1.29 is 27.8 Å². The topological polar surface area (TPSA) is 68.5 Å². The summed E-state index contributed by atoms with van der Waals surface area (Å²) in [6.07, 6.45) is -4.79. The first-order chi connectivity index (χ1) is 12.2. The molecule has 0 aliphatic carbocycles. The highest BCUT2D eigenvalue weighted by molar-refractivity contribution is 5.92. The highest BCUT2D eigenvalue weighted by Crippen LogP contribution is 2.23. The average Bonchev–Trinajstić information content (AvgIpc) is 2.57. The number of carboxylic acid groups (broad SMARTS) is 1. The summed E-state index contributed by atoms with van der Waals surface area (Å²) >= 11 is 0. The SMILES string of the molecule is O=C(O)c1cc2ccccc2n(Cc2ccc(OC(F)(F)F)cc2)c1=O. The van der Waals surface area contributed by atoms with Crippen molar-refractivity contribution in [2.24, 2.45) is 0 Å². The van der Waals surface area contributed by atoms with Crippen LogP contribution in [0.15, 0.2) is 59.4 Å². The molecule has 0 fully saturated rings. The van der Waals surface area contributed by atoms with Crippen LogP contribution in [0.1, 0.15) is 15.9 Å². The van der Waals surface area contributed by atoms with Crippen LogP contribution in [0.25, 0.3) is 10.9 Å². The molecule has 0 saturated heterocycles. The molecule has 0 bridgehead atoms. The second kappa shape index (κ2) is 6.55. The second-order valence-electron chi connectivity index (χ2n) is 5.51. The number of nitrogens with zero attached hydrogens (tertiary/aromatic N) is 1. The fourth-order valence-corrected chi connectivity index (χ4v) is 2.62. The normalized spacial score (nSPS) is 11.5. The molecule has 2 aromatic carbocycles. The summed E-state index contributed by atoms with van der Waals surface area (Å²) in [5.74, 6) is -1.72. The number of benzene rings is 2. The first kappa shape index (κ1) is 17.5. The Balaban J connectivity index is 2.02. The smallest absolute Gasteiger partial charge is 0.477 e. The van der Waals surface area contributed by atoms with Gasteiger partial charge in [0.25, 0.3) is 5.56 Å². The van der Waals surface area contributed by atoms with Crippen molar-refractivity contribution in [2.45, 2.75) is 12.9 Å². The molecular formula is C18H12F3NO4. The maximum absolute atomic E-state index is 12.5. The van der Waals surface area contributed by atoms with Gasteiger partial charge in [0.2, 0.25) is 0 Å². The minimum absolute atomic E-state index is 0.00671. The minimum atomic E-state index is -4.79. The molecule has 1 N–H and O–H groups in total. The zero-order valence-corrected chi connectivity index (χ0v) is 13.2. The van der Waals surface area contributed by atoms with Crippen LogP contribution in [0.5, 0.6) is 5.75 Å². The number of aromatic carboxylic acids is 1. The Morgan fingerprint density at radius 3 is 2.35 bits per heavy atom. The van der Waals surface area contributed by atoms with Crippen molar-refractivity contribution in [3.05, 3.63) is 76.1 Å². The Labute approximate surface area is 144 Å². The van der Waals surface area contributed by atoms with Crippen LogP contribution in [0.2, 0.25) is 0 Å². The van der Waals surface area contributed by atoms with Gasteiger partial charge in [0.15, 0.2) is 0 Å². The van der Waals surface area contributed by atoms with Gasteiger partial charge in [-0.05, 0) is 35.2 Å². The maximum Gasteiger partial charge on any atom is 0.573 e. The predicted octanol–water partition coefficient (Wildman–Crippen LogP) is 3.65. The number of rotatable bonds is 4. The van der Waals surface area contributed by atoms with Crippen molar-refractivity contribution >= 4 is 16.9 Å². The fraction of sp³-hybridized carbons (Fsp3) is 0.111. The van der Waals surface area contributed by atoms with Gasteiger partial charge in [-0.1, -0.05) is 30.3 Å². The third-order valence-electron chi connectivity index (χ3n) is 3.73. The van der Waals surface area contributed by atoms with E-state index in [0.717, 1.165) is 12.1 Å². The Hall–Kier alpha value is -3.29. The van der Waals surface area contributed by atoms with E-state index in [1.54, 1.807) is 24.3 Å². The van der Waals surface area contributed by atoms with E-state index in [1.165, 1.54) is 22.8 Å². The van der Waals surface area contributed by atoms with Crippen molar-refractivity contribution in [1.29, 1.82) is 0 Å². The van der Waals surface area contributed by atoms with E-state index in [-0.39, 0.29) is 17.9 Å². The van der Waals surface area contributed by atoms with Crippen LogP contribution in [-0.2, 0) is 6.54 Å². The third kappa shape index (κ3) is 3.69. The molecule has 0 aliphatic rings. The van der Waals surface area contributed by atoms with Gasteiger partial charge in [0.1, 0.15) is 11.3 Å². The standard InChI is InChI=1S/C18H12F3NO4/c19-18(20,21)26-13-7-5-11(6-8-13)10-22-15-4-2-1-3-12(15)9-14(16(22)23)17(24)25/h1-9H,10H2,(H,24,25). The van der Waals surface area contributed by atoms with Crippen LogP contribution in [0.3, 0.4) is 0 Å². The summed E-state index contributed by atoms with van der Waals surface area (Å²) in [4.78, 5) is 23.8. The van der Waals surface area contributed by atoms with Crippen LogP contribution >= 0.6 is 0 Å². The van der Waals surface area contributed by atoms with Gasteiger partial charge in [-0.15, -0.1) is 13.2 Å². The number of fused-ring (bicyclic) bond motifs is 1. The molecule has 26 heavy (non-hydrogen) atoms. The molecule has 0 spiro atoms. The highest BCUT2D eigenvalue weighted by atomic mass is 19.4. The number of para-hydroxylation sites is 1. The van der Waals surface area contributed by atoms with Crippen molar-refractivity contribution in [3.8, 4) is 5.75 Å². The van der Waals surface area contributed by atoms with Crippen LogP contribution in [-0.4, -0.2) is 22.0 Å². The quantitative estimate of drug-likeness (QED) is 0.768. The van der Waals surface area contributed by atoms with Crippen molar-refractivity contribution in [2.75, 3.05) is 0 Å². The van der Waals surface area contributed by atoms with Crippen LogP contribution in [0.4, 0.5) is 13.2 Å². The first-order valence-corrected chi connectivity index (χ1v) is 7.45. The number of pyridine rings is 1. The lowest BCUT2D eigenvalue weighted by atomic mass is 10.1. The van der Waals surface area contributed by atoms with Crippen molar-refractivity contribution in [3.63, 3.8) is 0 Å². The van der Waals surface area contributed by atoms with Gasteiger partial charge in [-0.2, -0.15) is 0 Å². The molecule has 0 atom stereocenters. The molecule has 3 rings (SSSR count). The van der Waals surface area contributed by atoms with E-state index in [9.17, 15) is 27.9 Å². The number of hydrogen-bond donors (Lipinski definition) is 1. The number of alkyl halides is 3. The molecule has 0 unspecified atom stereocenters. The molecule has 134 valence electrons. The minimum Gasteiger partial charge on any atom is -0.477 e. The van der Waals surface area contributed by atoms with E-state index < -0.39 is 17.9 Å². The largest absolute Gasteiger partial charge is 0.573 e. The Bertz CT molecular complexity index is 1020. The fourth-order valence-electron chi connectivity index (χ4n) is 2.62. The summed E-state index contributed by atoms with van der Waals surface area (Å²) in [5, 5.41) is 9.79. The summed E-state index contributed by atoms with van der Waals surface area (Å²) in [5.41, 5.74) is -0.0139. The van der Waals surface area contributed by atoms with E-state index in [2.05, 4.69) is 4.74 Å². The molecular weight excluding hydrogens is 351 g/mol. The van der Waals surface area contributed by atoms with Gasteiger partial charge in [-0.3, -0.25) is 4.79 Å². The molecule has 1 heterocycles. The summed E-state index contributed by atoms with van der Waals surface area (Å²) in [6.45, 7) is 0.00671. The summed E-state index contributed by atoms with van der Waals surface area (Å²) in [7, 11) is 0. The number of hydrogen-bond acceptors (Lipinski definition) is 3. The summed E-state index contributed by atoms with van der Waals surface area (Å²) < 4.78 is 41.7. The molecule has 3 aromatic rings. The number of carbonyl (C=O) groups is 1. The van der Waals surface area contributed by atoms with Crippen LogP contribution < -0.4 is 10.3 Å². The van der Waals surface area contributed by atoms with E-state index in [0.29, 0.717) is 16.5 Å². The zero-order valence-electron chi connectivity index (χ0n) is 13.2. The van der Waals surface area contributed by atoms with Gasteiger partial charge in [0, 0.05) is 0 Å². The van der Waals surface area contributed by atoms with Gasteiger partial charge in [0.05, 0.1) is 12.1 Å². The Kier molecular flexibility index (Phi) is 4.41. The number of ether oxygens (including phenoxy) is 1. The maximum atomic E-state index is 12.5. The molecule has 0 saturated carbocycles. The average molecular weight is 363 g/mol. The van der Waals surface area contributed by atoms with Gasteiger partial charge >= 0.3 is 12.3 Å². The van der Waals surface area contributed by atoms with E-state index in [4.69, 9.17) is 0 Å². The number of aromatic nitrogens is 1. The van der Waals surface area contributed by atoms with Crippen molar-refractivity contribution in [1.82, 2.24) is 4.57 Å². The molecule has 8 heteroatoms. The molecule has 1 aromatic heterocycles. The first-order valence-electron chi connectivity index (χ1n) is 7.45. The molecule has 0 aliphatic heterocycles. The lowest BCUT2D eigenvalue weighted by molar-refractivity contribution is -0.274. The lowest BCUT2D eigenvalue weighted by Crippen LogP contribution is -2.27. The van der Waals surface area contributed by atoms with E-state index >= 15 is 0 Å². The lowest BCUT2D eigenvalue weighted by Gasteiger charge is -2.13.